The molecule has 27 heavy (non-hydrogen) atoms. The van der Waals surface area contributed by atoms with Crippen molar-refractivity contribution in [3.63, 3.8) is 0 Å². The third-order valence-corrected chi connectivity index (χ3v) is 4.86. The lowest BCUT2D eigenvalue weighted by Gasteiger charge is -2.18. The number of hydrazone groups is 1. The van der Waals surface area contributed by atoms with Gasteiger partial charge in [0.25, 0.3) is 5.91 Å². The molecule has 0 saturated heterocycles. The van der Waals surface area contributed by atoms with Gasteiger partial charge in [-0.1, -0.05) is 18.6 Å². The Labute approximate surface area is 159 Å². The molecule has 3 rings (SSSR count). The Morgan fingerprint density at radius 3 is 2.78 bits per heavy atom. The second kappa shape index (κ2) is 9.12. The van der Waals surface area contributed by atoms with Crippen LogP contribution in [0.2, 0.25) is 0 Å². The van der Waals surface area contributed by atoms with Crippen LogP contribution >= 0.6 is 0 Å². The summed E-state index contributed by atoms with van der Waals surface area (Å²) in [6.07, 6.45) is 8.64. The quantitative estimate of drug-likeness (QED) is 0.448. The zero-order valence-corrected chi connectivity index (χ0v) is 15.7. The van der Waals surface area contributed by atoms with Crippen molar-refractivity contribution >= 4 is 18.3 Å². The fourth-order valence-corrected chi connectivity index (χ4v) is 3.39. The minimum atomic E-state index is -0.162. The van der Waals surface area contributed by atoms with Crippen molar-refractivity contribution in [1.29, 1.82) is 0 Å². The van der Waals surface area contributed by atoms with Gasteiger partial charge in [0.15, 0.2) is 0 Å². The highest BCUT2D eigenvalue weighted by Gasteiger charge is 2.17. The first-order valence-corrected chi connectivity index (χ1v) is 9.34. The first kappa shape index (κ1) is 18.8. The van der Waals surface area contributed by atoms with Crippen LogP contribution < -0.4 is 10.7 Å². The van der Waals surface area contributed by atoms with Gasteiger partial charge in [-0.25, -0.2) is 0 Å². The molecule has 1 aliphatic carbocycles. The molecule has 2 N–H and O–H groups in total. The van der Waals surface area contributed by atoms with Crippen LogP contribution in [0.4, 0.5) is 5.69 Å². The van der Waals surface area contributed by atoms with Gasteiger partial charge in [-0.2, -0.15) is 5.10 Å². The maximum atomic E-state index is 12.8. The van der Waals surface area contributed by atoms with Crippen LogP contribution in [0.25, 0.3) is 0 Å². The number of carbonyl (C=O) groups is 1. The summed E-state index contributed by atoms with van der Waals surface area (Å²) in [5.74, 6) is 0.778. The highest BCUT2D eigenvalue weighted by atomic mass is 16.2. The van der Waals surface area contributed by atoms with Crippen molar-refractivity contribution in [2.45, 2.75) is 44.9 Å². The van der Waals surface area contributed by atoms with E-state index in [-0.39, 0.29) is 5.91 Å². The van der Waals surface area contributed by atoms with Crippen molar-refractivity contribution < 1.29 is 4.79 Å². The van der Waals surface area contributed by atoms with Gasteiger partial charge in [-0.3, -0.25) is 10.2 Å². The molecule has 1 aromatic carbocycles. The second-order valence-electron chi connectivity index (χ2n) is 6.82. The molecule has 7 nitrogen and oxygen atoms in total. The van der Waals surface area contributed by atoms with Crippen molar-refractivity contribution in [2.24, 2.45) is 12.1 Å². The molecule has 2 aromatic rings. The number of hydrogen-bond acceptors (Lipinski definition) is 5. The molecule has 0 radical (unpaired) electrons. The van der Waals surface area contributed by atoms with Crippen LogP contribution in [0.15, 0.2) is 47.0 Å². The fraction of sp³-hybridized carbons (Fsp3) is 0.400. The molecule has 1 saturated carbocycles. The van der Waals surface area contributed by atoms with E-state index in [0.29, 0.717) is 5.70 Å². The molecule has 0 atom stereocenters. The Balaban J connectivity index is 1.68. The number of anilines is 1. The third-order valence-electron chi connectivity index (χ3n) is 4.86. The SMILES string of the molecule is C=NNC(C(=O)Nc1cccc(CCc2nncn2C)c1)=C1CCCCC1. The number of carbonyl (C=O) groups excluding carboxylic acids is 1. The normalized spacial score (nSPS) is 13.9. The predicted molar refractivity (Wildman–Crippen MR) is 106 cm³/mol. The summed E-state index contributed by atoms with van der Waals surface area (Å²) < 4.78 is 1.92. The maximum Gasteiger partial charge on any atom is 0.273 e. The lowest BCUT2D eigenvalue weighted by Crippen LogP contribution is -2.25. The molecule has 1 aliphatic rings. The van der Waals surface area contributed by atoms with Crippen LogP contribution in [0.1, 0.15) is 43.5 Å². The van der Waals surface area contributed by atoms with E-state index in [1.54, 1.807) is 6.33 Å². The Hall–Kier alpha value is -2.96. The van der Waals surface area contributed by atoms with Crippen LogP contribution in [-0.4, -0.2) is 27.4 Å². The number of nitrogens with one attached hydrogen (secondary N) is 2. The Bertz CT molecular complexity index is 831. The standard InChI is InChI=1S/C20H26N6O/c1-21-25-19(16-8-4-3-5-9-16)20(27)23-17-10-6-7-15(13-17)11-12-18-24-22-14-26(18)2/h6-7,10,13-14,25H,1,3-5,8-9,11-12H2,2H3,(H,23,27). The van der Waals surface area contributed by atoms with E-state index in [4.69, 9.17) is 0 Å². The first-order chi connectivity index (χ1) is 13.2. The van der Waals surface area contributed by atoms with Crippen molar-refractivity contribution in [3.05, 3.63) is 53.3 Å². The molecule has 1 heterocycles. The second-order valence-corrected chi connectivity index (χ2v) is 6.82. The van der Waals surface area contributed by atoms with Crippen molar-refractivity contribution in [1.82, 2.24) is 20.2 Å². The summed E-state index contributed by atoms with van der Waals surface area (Å²) in [5.41, 5.74) is 6.38. The summed E-state index contributed by atoms with van der Waals surface area (Å²) >= 11 is 0. The van der Waals surface area contributed by atoms with Gasteiger partial charge in [-0.15, -0.1) is 10.2 Å². The Morgan fingerprint density at radius 2 is 2.07 bits per heavy atom. The molecular formula is C20H26N6O. The van der Waals surface area contributed by atoms with Gasteiger partial charge in [0, 0.05) is 25.9 Å². The van der Waals surface area contributed by atoms with Gasteiger partial charge < -0.3 is 9.88 Å². The summed E-state index contributed by atoms with van der Waals surface area (Å²) in [4.78, 5) is 12.8. The van der Waals surface area contributed by atoms with E-state index in [1.165, 1.54) is 6.42 Å². The number of benzene rings is 1. The van der Waals surface area contributed by atoms with Crippen molar-refractivity contribution in [3.8, 4) is 0 Å². The molecule has 0 unspecified atom stereocenters. The number of hydrogen-bond donors (Lipinski definition) is 2. The number of allylic oxidation sites excluding steroid dienone is 1. The highest BCUT2D eigenvalue weighted by Crippen LogP contribution is 2.25. The monoisotopic (exact) mass is 366 g/mol. The third kappa shape index (κ3) is 5.03. The summed E-state index contributed by atoms with van der Waals surface area (Å²) in [7, 11) is 1.94. The van der Waals surface area contributed by atoms with E-state index in [9.17, 15) is 4.79 Å². The van der Waals surface area contributed by atoms with Gasteiger partial charge in [0.1, 0.15) is 17.8 Å². The fourth-order valence-electron chi connectivity index (χ4n) is 3.39. The van der Waals surface area contributed by atoms with Gasteiger partial charge in [0.05, 0.1) is 0 Å². The molecular weight excluding hydrogens is 340 g/mol. The van der Waals surface area contributed by atoms with Crippen LogP contribution in [0.3, 0.4) is 0 Å². The van der Waals surface area contributed by atoms with Gasteiger partial charge >= 0.3 is 0 Å². The number of aryl methyl sites for hydroxylation is 3. The minimum absolute atomic E-state index is 0.162. The summed E-state index contributed by atoms with van der Waals surface area (Å²) in [5, 5.41) is 14.7. The van der Waals surface area contributed by atoms with E-state index in [2.05, 4.69) is 38.8 Å². The minimum Gasteiger partial charge on any atom is -0.321 e. The molecule has 0 aliphatic heterocycles. The van der Waals surface area contributed by atoms with Crippen LogP contribution in [0.5, 0.6) is 0 Å². The van der Waals surface area contributed by atoms with E-state index in [0.717, 1.165) is 61.2 Å². The maximum absolute atomic E-state index is 12.8. The van der Waals surface area contributed by atoms with E-state index >= 15 is 0 Å². The lowest BCUT2D eigenvalue weighted by molar-refractivity contribution is -0.113. The highest BCUT2D eigenvalue weighted by molar-refractivity contribution is 6.03. The van der Waals surface area contributed by atoms with E-state index < -0.39 is 0 Å². The Kier molecular flexibility index (Phi) is 6.35. The number of aromatic nitrogens is 3. The number of rotatable bonds is 7. The zero-order chi connectivity index (χ0) is 19.1. The van der Waals surface area contributed by atoms with E-state index in [1.807, 2.05) is 29.8 Å². The summed E-state index contributed by atoms with van der Waals surface area (Å²) in [6.45, 7) is 3.47. The molecule has 142 valence electrons. The molecule has 0 bridgehead atoms. The zero-order valence-electron chi connectivity index (χ0n) is 15.7. The predicted octanol–water partition coefficient (Wildman–Crippen LogP) is 2.96. The Morgan fingerprint density at radius 1 is 1.26 bits per heavy atom. The average molecular weight is 366 g/mol. The molecule has 1 aromatic heterocycles. The molecule has 7 heteroatoms. The molecule has 0 spiro atoms. The number of amides is 1. The lowest BCUT2D eigenvalue weighted by atomic mass is 9.93. The van der Waals surface area contributed by atoms with Gasteiger partial charge in [0.2, 0.25) is 0 Å². The topological polar surface area (TPSA) is 84.2 Å². The first-order valence-electron chi connectivity index (χ1n) is 9.34. The largest absolute Gasteiger partial charge is 0.321 e. The van der Waals surface area contributed by atoms with Crippen molar-refractivity contribution in [2.75, 3.05) is 5.32 Å². The van der Waals surface area contributed by atoms with Gasteiger partial charge in [-0.05, 0) is 55.4 Å². The summed E-state index contributed by atoms with van der Waals surface area (Å²) in [6, 6.07) is 7.90. The molecule has 1 amide bonds. The number of nitrogens with zero attached hydrogens (tertiary/aromatic N) is 4. The smallest absolute Gasteiger partial charge is 0.273 e. The average Bonchev–Trinajstić information content (AvgIpc) is 3.10. The molecule has 1 fully saturated rings. The van der Waals surface area contributed by atoms with Crippen LogP contribution in [-0.2, 0) is 24.7 Å². The van der Waals surface area contributed by atoms with Crippen LogP contribution in [0, 0.1) is 0 Å².